The zero-order valence-electron chi connectivity index (χ0n) is 8.81. The molecule has 17 heavy (non-hydrogen) atoms. The van der Waals surface area contributed by atoms with Crippen molar-refractivity contribution in [2.24, 2.45) is 10.9 Å². The maximum atomic E-state index is 10.8. The molecular formula is C9H12BrN3O2S2. The summed E-state index contributed by atoms with van der Waals surface area (Å²) >= 11 is 8.25. The molecule has 0 aliphatic carbocycles. The lowest BCUT2D eigenvalue weighted by molar-refractivity contribution is 0.598. The van der Waals surface area contributed by atoms with E-state index >= 15 is 0 Å². The molecule has 0 saturated carbocycles. The van der Waals surface area contributed by atoms with Crippen LogP contribution in [-0.2, 0) is 10.0 Å². The van der Waals surface area contributed by atoms with Gasteiger partial charge in [0.05, 0.1) is 5.75 Å². The van der Waals surface area contributed by atoms with Crippen LogP contribution in [0.1, 0.15) is 5.56 Å². The van der Waals surface area contributed by atoms with Gasteiger partial charge in [-0.05, 0) is 28.1 Å². The quantitative estimate of drug-likeness (QED) is 0.690. The Kier molecular flexibility index (Phi) is 4.87. The summed E-state index contributed by atoms with van der Waals surface area (Å²) in [4.78, 5) is 0.232. The SMILES string of the molecule is NC(=S)c1c(Br)cccc1NCCS(N)(=O)=O. The number of nitrogens with two attached hydrogens (primary N) is 2. The maximum absolute atomic E-state index is 10.8. The molecule has 1 rings (SSSR count). The summed E-state index contributed by atoms with van der Waals surface area (Å²) in [5, 5.41) is 7.84. The predicted molar refractivity (Wildman–Crippen MR) is 76.5 cm³/mol. The number of primary sulfonamides is 1. The number of anilines is 1. The van der Waals surface area contributed by atoms with Crippen LogP contribution in [0, 0.1) is 0 Å². The monoisotopic (exact) mass is 337 g/mol. The lowest BCUT2D eigenvalue weighted by Crippen LogP contribution is -2.23. The highest BCUT2D eigenvalue weighted by atomic mass is 79.9. The Morgan fingerprint density at radius 1 is 1.47 bits per heavy atom. The van der Waals surface area contributed by atoms with Gasteiger partial charge >= 0.3 is 0 Å². The van der Waals surface area contributed by atoms with Crippen LogP contribution in [0.2, 0.25) is 0 Å². The van der Waals surface area contributed by atoms with Crippen LogP contribution in [0.4, 0.5) is 5.69 Å². The molecule has 0 bridgehead atoms. The number of benzene rings is 1. The van der Waals surface area contributed by atoms with Crippen molar-refractivity contribution in [2.75, 3.05) is 17.6 Å². The Bertz CT molecular complexity index is 531. The molecule has 1 aromatic rings. The molecule has 5 N–H and O–H groups in total. The van der Waals surface area contributed by atoms with E-state index < -0.39 is 10.0 Å². The first-order valence-electron chi connectivity index (χ1n) is 4.64. The van der Waals surface area contributed by atoms with E-state index in [4.69, 9.17) is 23.1 Å². The zero-order chi connectivity index (χ0) is 13.1. The van der Waals surface area contributed by atoms with Crippen molar-refractivity contribution in [2.45, 2.75) is 0 Å². The summed E-state index contributed by atoms with van der Waals surface area (Å²) in [5.41, 5.74) is 6.92. The van der Waals surface area contributed by atoms with E-state index in [9.17, 15) is 8.42 Å². The topological polar surface area (TPSA) is 98.2 Å². The summed E-state index contributed by atoms with van der Waals surface area (Å²) < 4.78 is 22.3. The number of hydrogen-bond donors (Lipinski definition) is 3. The third-order valence-corrected chi connectivity index (χ3v) is 3.60. The van der Waals surface area contributed by atoms with Gasteiger partial charge in [-0.1, -0.05) is 18.3 Å². The average Bonchev–Trinajstić information content (AvgIpc) is 2.14. The number of hydrogen-bond acceptors (Lipinski definition) is 4. The molecule has 0 saturated heterocycles. The number of rotatable bonds is 5. The average molecular weight is 338 g/mol. The largest absolute Gasteiger partial charge is 0.389 e. The van der Waals surface area contributed by atoms with Crippen molar-refractivity contribution in [1.82, 2.24) is 0 Å². The molecule has 8 heteroatoms. The maximum Gasteiger partial charge on any atom is 0.210 e. The van der Waals surface area contributed by atoms with Crippen LogP contribution >= 0.6 is 28.1 Å². The molecule has 0 heterocycles. The van der Waals surface area contributed by atoms with E-state index in [2.05, 4.69) is 21.2 Å². The van der Waals surface area contributed by atoms with Gasteiger partial charge in [0.15, 0.2) is 0 Å². The first-order valence-corrected chi connectivity index (χ1v) is 7.55. The third-order valence-electron chi connectivity index (χ3n) is 1.96. The Labute approximate surface area is 114 Å². The summed E-state index contributed by atoms with van der Waals surface area (Å²) in [6.07, 6.45) is 0. The lowest BCUT2D eigenvalue weighted by Gasteiger charge is -2.12. The van der Waals surface area contributed by atoms with Crippen molar-refractivity contribution >= 4 is 48.8 Å². The molecule has 0 radical (unpaired) electrons. The van der Waals surface area contributed by atoms with Crippen LogP contribution < -0.4 is 16.2 Å². The van der Waals surface area contributed by atoms with Gasteiger partial charge < -0.3 is 11.1 Å². The van der Waals surface area contributed by atoms with Crippen molar-refractivity contribution in [1.29, 1.82) is 0 Å². The number of halogens is 1. The van der Waals surface area contributed by atoms with Crippen LogP contribution in [0.25, 0.3) is 0 Å². The van der Waals surface area contributed by atoms with E-state index in [0.717, 1.165) is 4.47 Å². The van der Waals surface area contributed by atoms with Gasteiger partial charge in [0.25, 0.3) is 0 Å². The Hall–Kier alpha value is -0.700. The van der Waals surface area contributed by atoms with E-state index in [0.29, 0.717) is 11.3 Å². The first kappa shape index (κ1) is 14.4. The standard InChI is InChI=1S/C9H12BrN3O2S2/c10-6-2-1-3-7(8(6)9(11)16)13-4-5-17(12,14)15/h1-3,13H,4-5H2,(H2,11,16)(H2,12,14,15). The second kappa shape index (κ2) is 5.76. The molecule has 1 aromatic carbocycles. The molecule has 0 amide bonds. The normalized spacial score (nSPS) is 11.2. The fraction of sp³-hybridized carbons (Fsp3) is 0.222. The Morgan fingerprint density at radius 2 is 2.12 bits per heavy atom. The fourth-order valence-electron chi connectivity index (χ4n) is 1.25. The molecule has 5 nitrogen and oxygen atoms in total. The second-order valence-corrected chi connectivity index (χ2v) is 6.35. The van der Waals surface area contributed by atoms with E-state index in [-0.39, 0.29) is 17.3 Å². The number of nitrogens with one attached hydrogen (secondary N) is 1. The predicted octanol–water partition coefficient (Wildman–Crippen LogP) is 0.784. The van der Waals surface area contributed by atoms with Crippen molar-refractivity contribution in [3.63, 3.8) is 0 Å². The van der Waals surface area contributed by atoms with Gasteiger partial charge in [0.1, 0.15) is 4.99 Å². The molecule has 94 valence electrons. The van der Waals surface area contributed by atoms with E-state index in [1.807, 2.05) is 0 Å². The van der Waals surface area contributed by atoms with Crippen LogP contribution in [0.3, 0.4) is 0 Å². The highest BCUT2D eigenvalue weighted by Gasteiger charge is 2.09. The Balaban J connectivity index is 2.85. The number of sulfonamides is 1. The molecule has 0 atom stereocenters. The summed E-state index contributed by atoms with van der Waals surface area (Å²) in [7, 11) is -3.48. The third kappa shape index (κ3) is 4.58. The van der Waals surface area contributed by atoms with E-state index in [1.54, 1.807) is 18.2 Å². The van der Waals surface area contributed by atoms with Crippen molar-refractivity contribution in [3.8, 4) is 0 Å². The van der Waals surface area contributed by atoms with Gasteiger partial charge in [-0.2, -0.15) is 0 Å². The lowest BCUT2D eigenvalue weighted by atomic mass is 10.2. The van der Waals surface area contributed by atoms with Crippen LogP contribution in [0.15, 0.2) is 22.7 Å². The number of thiocarbonyl (C=S) groups is 1. The van der Waals surface area contributed by atoms with Crippen LogP contribution in [-0.4, -0.2) is 25.7 Å². The van der Waals surface area contributed by atoms with Gasteiger partial charge in [0, 0.05) is 22.3 Å². The van der Waals surface area contributed by atoms with E-state index in [1.165, 1.54) is 0 Å². The van der Waals surface area contributed by atoms with Gasteiger partial charge in [-0.15, -0.1) is 0 Å². The van der Waals surface area contributed by atoms with Gasteiger partial charge in [0.2, 0.25) is 10.0 Å². The molecule has 0 aromatic heterocycles. The van der Waals surface area contributed by atoms with Crippen molar-refractivity contribution in [3.05, 3.63) is 28.2 Å². The van der Waals surface area contributed by atoms with Gasteiger partial charge in [-0.3, -0.25) is 0 Å². The first-order chi connectivity index (χ1) is 7.81. The van der Waals surface area contributed by atoms with Crippen molar-refractivity contribution < 1.29 is 8.42 Å². The zero-order valence-corrected chi connectivity index (χ0v) is 12.0. The summed E-state index contributed by atoms with van der Waals surface area (Å²) in [6, 6.07) is 5.37. The second-order valence-electron chi connectivity index (χ2n) is 3.32. The smallest absolute Gasteiger partial charge is 0.210 e. The molecule has 0 fully saturated rings. The van der Waals surface area contributed by atoms with Gasteiger partial charge in [-0.25, -0.2) is 13.6 Å². The molecule has 0 aliphatic rings. The summed E-state index contributed by atoms with van der Waals surface area (Å²) in [6.45, 7) is 0.199. The highest BCUT2D eigenvalue weighted by molar-refractivity contribution is 9.10. The molecule has 0 spiro atoms. The fourth-order valence-corrected chi connectivity index (χ4v) is 2.57. The molecular weight excluding hydrogens is 326 g/mol. The minimum atomic E-state index is -3.48. The molecule has 0 aliphatic heterocycles. The summed E-state index contributed by atoms with van der Waals surface area (Å²) in [5.74, 6) is -0.156. The molecule has 0 unspecified atom stereocenters. The highest BCUT2D eigenvalue weighted by Crippen LogP contribution is 2.24. The minimum Gasteiger partial charge on any atom is -0.389 e. The Morgan fingerprint density at radius 3 is 2.65 bits per heavy atom. The minimum absolute atomic E-state index is 0.156. The van der Waals surface area contributed by atoms with Crippen LogP contribution in [0.5, 0.6) is 0 Å².